The molecule has 0 radical (unpaired) electrons. The fraction of sp³-hybridized carbons (Fsp3) is 0.370. The summed E-state index contributed by atoms with van der Waals surface area (Å²) in [6.45, 7) is 2.67. The maximum absolute atomic E-state index is 15.2. The molecule has 4 heterocycles. The molecular formula is C27H26F2N6O6. The van der Waals surface area contributed by atoms with Crippen LogP contribution >= 0.6 is 0 Å². The van der Waals surface area contributed by atoms with E-state index in [1.807, 2.05) is 0 Å². The highest BCUT2D eigenvalue weighted by molar-refractivity contribution is 5.92. The maximum atomic E-state index is 15.2. The number of hydrogen-bond donors (Lipinski definition) is 2. The Morgan fingerprint density at radius 2 is 1.76 bits per heavy atom. The summed E-state index contributed by atoms with van der Waals surface area (Å²) in [6, 6.07) is 5.43. The molecular weight excluding hydrogens is 542 g/mol. The number of ether oxygens (including phenoxy) is 1. The number of aromatic nitrogens is 2. The molecule has 2 amide bonds. The molecule has 6 rings (SSSR count). The van der Waals surface area contributed by atoms with Gasteiger partial charge >= 0.3 is 12.1 Å². The van der Waals surface area contributed by atoms with Crippen LogP contribution in [0.15, 0.2) is 35.3 Å². The molecule has 2 aliphatic heterocycles. The third-order valence-corrected chi connectivity index (χ3v) is 7.45. The number of carboxylic acids is 1. The number of nitrogens with one attached hydrogen (secondary N) is 1. The summed E-state index contributed by atoms with van der Waals surface area (Å²) < 4.78 is 37.2. The van der Waals surface area contributed by atoms with Crippen molar-refractivity contribution in [2.24, 2.45) is 0 Å². The van der Waals surface area contributed by atoms with E-state index >= 15 is 8.78 Å². The zero-order valence-corrected chi connectivity index (χ0v) is 22.0. The monoisotopic (exact) mass is 568 g/mol. The number of rotatable bonds is 6. The minimum atomic E-state index is -1.37. The summed E-state index contributed by atoms with van der Waals surface area (Å²) in [5.41, 5.74) is -0.356. The molecule has 3 aromatic rings. The van der Waals surface area contributed by atoms with Gasteiger partial charge in [0.1, 0.15) is 17.0 Å². The molecule has 12 nitrogen and oxygen atoms in total. The summed E-state index contributed by atoms with van der Waals surface area (Å²) in [6.07, 6.45) is 1.39. The number of aromatic carboxylic acids is 1. The summed E-state index contributed by atoms with van der Waals surface area (Å²) >= 11 is 0. The third-order valence-electron chi connectivity index (χ3n) is 7.45. The number of carboxylic acid groups (broad SMARTS) is 1. The van der Waals surface area contributed by atoms with Crippen molar-refractivity contribution in [2.45, 2.75) is 32.0 Å². The van der Waals surface area contributed by atoms with E-state index in [0.29, 0.717) is 31.9 Å². The number of nitrogens with zero attached hydrogens (tertiary/aromatic N) is 5. The molecule has 3 fully saturated rings. The fourth-order valence-electron chi connectivity index (χ4n) is 5.30. The normalized spacial score (nSPS) is 19.0. The Kier molecular flexibility index (Phi) is 6.47. The van der Waals surface area contributed by atoms with E-state index in [-0.39, 0.29) is 41.0 Å². The molecule has 2 aromatic heterocycles. The number of carbonyl (C=O) groups excluding carboxylic acids is 2. The van der Waals surface area contributed by atoms with Gasteiger partial charge in [-0.05, 0) is 37.1 Å². The Morgan fingerprint density at radius 1 is 1.05 bits per heavy atom. The molecule has 214 valence electrons. The van der Waals surface area contributed by atoms with E-state index in [1.54, 1.807) is 26.5 Å². The van der Waals surface area contributed by atoms with E-state index in [4.69, 9.17) is 4.74 Å². The minimum absolute atomic E-state index is 0.00325. The van der Waals surface area contributed by atoms with Crippen LogP contribution in [0.25, 0.3) is 11.0 Å². The van der Waals surface area contributed by atoms with Crippen LogP contribution in [-0.2, 0) is 9.53 Å². The van der Waals surface area contributed by atoms with Crippen LogP contribution in [0.2, 0.25) is 0 Å². The highest BCUT2D eigenvalue weighted by Gasteiger charge is 2.34. The highest BCUT2D eigenvalue weighted by atomic mass is 19.1. The second-order valence-electron chi connectivity index (χ2n) is 10.3. The first kappa shape index (κ1) is 26.5. The minimum Gasteiger partial charge on any atom is -0.477 e. The van der Waals surface area contributed by atoms with Crippen molar-refractivity contribution in [3.8, 4) is 0 Å². The lowest BCUT2D eigenvalue weighted by molar-refractivity contribution is -0.121. The Morgan fingerprint density at radius 3 is 2.39 bits per heavy atom. The molecule has 0 spiro atoms. The average Bonchev–Trinajstić information content (AvgIpc) is 3.70. The number of anilines is 3. The molecule has 1 saturated carbocycles. The fourth-order valence-corrected chi connectivity index (χ4v) is 5.30. The second kappa shape index (κ2) is 10.0. The number of carbonyl (C=O) groups is 3. The maximum Gasteiger partial charge on any atom is 0.416 e. The Bertz CT molecular complexity index is 1650. The van der Waals surface area contributed by atoms with Gasteiger partial charge in [-0.3, -0.25) is 14.5 Å². The van der Waals surface area contributed by atoms with E-state index in [9.17, 15) is 24.3 Å². The van der Waals surface area contributed by atoms with Gasteiger partial charge in [0.2, 0.25) is 11.3 Å². The van der Waals surface area contributed by atoms with Gasteiger partial charge in [0, 0.05) is 45.3 Å². The zero-order valence-electron chi connectivity index (χ0n) is 22.0. The van der Waals surface area contributed by atoms with Crippen LogP contribution in [0.3, 0.4) is 0 Å². The molecule has 2 saturated heterocycles. The van der Waals surface area contributed by atoms with Crippen molar-refractivity contribution in [1.82, 2.24) is 14.9 Å². The summed E-state index contributed by atoms with van der Waals surface area (Å²) in [5, 5.41) is 11.9. The summed E-state index contributed by atoms with van der Waals surface area (Å²) in [7, 11) is 0. The first-order valence-electron chi connectivity index (χ1n) is 13.1. The predicted molar refractivity (Wildman–Crippen MR) is 143 cm³/mol. The van der Waals surface area contributed by atoms with Crippen molar-refractivity contribution < 1.29 is 33.0 Å². The molecule has 14 heteroatoms. The average molecular weight is 569 g/mol. The number of amides is 2. The molecule has 1 atom stereocenters. The molecule has 41 heavy (non-hydrogen) atoms. The van der Waals surface area contributed by atoms with Crippen LogP contribution < -0.4 is 25.4 Å². The summed E-state index contributed by atoms with van der Waals surface area (Å²) in [5.74, 6) is -2.97. The molecule has 3 aliphatic rings. The van der Waals surface area contributed by atoms with E-state index in [1.165, 1.54) is 24.1 Å². The third kappa shape index (κ3) is 4.89. The highest BCUT2D eigenvalue weighted by Crippen LogP contribution is 2.37. The molecule has 1 aliphatic carbocycles. The van der Waals surface area contributed by atoms with Crippen molar-refractivity contribution in [3.63, 3.8) is 0 Å². The topological polar surface area (TPSA) is 137 Å². The van der Waals surface area contributed by atoms with Crippen LogP contribution in [0.1, 0.15) is 36.2 Å². The van der Waals surface area contributed by atoms with Gasteiger partial charge < -0.3 is 29.5 Å². The van der Waals surface area contributed by atoms with Gasteiger partial charge in [-0.1, -0.05) is 0 Å². The van der Waals surface area contributed by atoms with Crippen LogP contribution in [0.4, 0.5) is 30.8 Å². The standard InChI is InChI=1S/C27H26F2N6O6/c1-14(36)30-22-13-35(27(40)41-22)16-4-5-21(19(28)10-16)32-6-8-33(9-7-32)25-20(29)11-17-23(37)18(26(38)39)12-34(15-2-3-15)24(17)31-25/h4-5,10-12,15,22H,2-3,6-9,13H2,1H3,(H,30,36)(H,38,39)/t22-/m1/s1. The lowest BCUT2D eigenvalue weighted by atomic mass is 10.1. The van der Waals surface area contributed by atoms with Gasteiger partial charge in [-0.2, -0.15) is 0 Å². The smallest absolute Gasteiger partial charge is 0.416 e. The predicted octanol–water partition coefficient (Wildman–Crippen LogP) is 2.45. The number of fused-ring (bicyclic) bond motifs is 1. The van der Waals surface area contributed by atoms with Gasteiger partial charge in [0.15, 0.2) is 17.9 Å². The van der Waals surface area contributed by atoms with Crippen molar-refractivity contribution in [2.75, 3.05) is 47.4 Å². The molecule has 2 N–H and O–H groups in total. The van der Waals surface area contributed by atoms with Crippen molar-refractivity contribution in [3.05, 3.63) is 57.9 Å². The van der Waals surface area contributed by atoms with Gasteiger partial charge in [-0.25, -0.2) is 23.4 Å². The molecule has 0 unspecified atom stereocenters. The first-order chi connectivity index (χ1) is 19.6. The number of hydrogen-bond acceptors (Lipinski definition) is 8. The Balaban J connectivity index is 1.20. The van der Waals surface area contributed by atoms with Gasteiger partial charge in [-0.15, -0.1) is 0 Å². The SMILES string of the molecule is CC(=O)N[C@H]1CN(c2ccc(N3CCN(c4nc5c(cc4F)c(=O)c(C(=O)O)cn5C4CC4)CC3)c(F)c2)C(=O)O1. The Hall–Kier alpha value is -4.75. The van der Waals surface area contributed by atoms with Crippen LogP contribution in [0.5, 0.6) is 0 Å². The number of benzene rings is 1. The number of halogens is 2. The largest absolute Gasteiger partial charge is 0.477 e. The van der Waals surface area contributed by atoms with Crippen LogP contribution in [0, 0.1) is 11.6 Å². The van der Waals surface area contributed by atoms with E-state index < -0.39 is 40.9 Å². The summed E-state index contributed by atoms with van der Waals surface area (Å²) in [4.78, 5) is 57.0. The quantitative estimate of drug-likeness (QED) is 0.459. The number of cyclic esters (lactones) is 1. The Labute approximate surface area is 231 Å². The molecule has 0 bridgehead atoms. The van der Waals surface area contributed by atoms with Gasteiger partial charge in [0.05, 0.1) is 23.3 Å². The zero-order chi connectivity index (χ0) is 29.0. The van der Waals surface area contributed by atoms with Gasteiger partial charge in [0.25, 0.3) is 0 Å². The van der Waals surface area contributed by atoms with Crippen LogP contribution in [-0.4, -0.2) is 71.6 Å². The van der Waals surface area contributed by atoms with Crippen molar-refractivity contribution >= 4 is 46.2 Å². The van der Waals surface area contributed by atoms with E-state index in [2.05, 4.69) is 10.3 Å². The number of piperazine rings is 1. The lowest BCUT2D eigenvalue weighted by Crippen LogP contribution is -2.47. The number of pyridine rings is 2. The van der Waals surface area contributed by atoms with E-state index in [0.717, 1.165) is 18.9 Å². The molecule has 1 aromatic carbocycles. The van der Waals surface area contributed by atoms with Crippen molar-refractivity contribution in [1.29, 1.82) is 0 Å². The lowest BCUT2D eigenvalue weighted by Gasteiger charge is -2.37. The first-order valence-corrected chi connectivity index (χ1v) is 13.1. The second-order valence-corrected chi connectivity index (χ2v) is 10.3.